The minimum Gasteiger partial charge on any atom is -0.355 e. The molecule has 2 aromatic heterocycles. The van der Waals surface area contributed by atoms with Crippen molar-refractivity contribution in [3.63, 3.8) is 0 Å². The highest BCUT2D eigenvalue weighted by atomic mass is 19.4. The third-order valence-electron chi connectivity index (χ3n) is 3.57. The quantitative estimate of drug-likeness (QED) is 0.744. The van der Waals surface area contributed by atoms with Gasteiger partial charge in [-0.1, -0.05) is 12.1 Å². The van der Waals surface area contributed by atoms with E-state index < -0.39 is 11.7 Å². The van der Waals surface area contributed by atoms with Crippen LogP contribution in [0.25, 0.3) is 11.0 Å². The molecule has 5 nitrogen and oxygen atoms in total. The molecule has 0 amide bonds. The van der Waals surface area contributed by atoms with Crippen LogP contribution in [0.5, 0.6) is 0 Å². The van der Waals surface area contributed by atoms with E-state index in [1.807, 2.05) is 11.9 Å². The molecule has 0 aliphatic carbocycles. The van der Waals surface area contributed by atoms with Gasteiger partial charge in [-0.25, -0.2) is 9.97 Å². The van der Waals surface area contributed by atoms with Gasteiger partial charge in [0.1, 0.15) is 12.1 Å². The Morgan fingerprint density at radius 1 is 1.13 bits per heavy atom. The van der Waals surface area contributed by atoms with Crippen molar-refractivity contribution >= 4 is 16.9 Å². The Morgan fingerprint density at radius 3 is 2.48 bits per heavy atom. The van der Waals surface area contributed by atoms with Gasteiger partial charge in [0.25, 0.3) is 0 Å². The van der Waals surface area contributed by atoms with E-state index >= 15 is 0 Å². The molecule has 23 heavy (non-hydrogen) atoms. The van der Waals surface area contributed by atoms with Gasteiger partial charge in [-0.15, -0.1) is 0 Å². The highest BCUT2D eigenvalue weighted by Gasteiger charge is 2.29. The lowest BCUT2D eigenvalue weighted by molar-refractivity contribution is -0.137. The number of anilines is 1. The zero-order valence-corrected chi connectivity index (χ0v) is 12.5. The van der Waals surface area contributed by atoms with E-state index in [0.717, 1.165) is 23.1 Å². The predicted molar refractivity (Wildman–Crippen MR) is 79.9 cm³/mol. The van der Waals surface area contributed by atoms with Crippen LogP contribution in [0.15, 0.2) is 36.8 Å². The molecule has 8 heteroatoms. The second kappa shape index (κ2) is 5.53. The Morgan fingerprint density at radius 2 is 1.83 bits per heavy atom. The Bertz CT molecular complexity index is 823. The van der Waals surface area contributed by atoms with Crippen molar-refractivity contribution in [2.24, 2.45) is 7.05 Å². The van der Waals surface area contributed by atoms with Gasteiger partial charge < -0.3 is 4.90 Å². The second-order valence-corrected chi connectivity index (χ2v) is 5.25. The minimum atomic E-state index is -4.32. The first kappa shape index (κ1) is 15.3. The van der Waals surface area contributed by atoms with Crippen molar-refractivity contribution in [1.82, 2.24) is 19.7 Å². The lowest BCUT2D eigenvalue weighted by Gasteiger charge is -2.19. The SMILES string of the molecule is CN(Cc1ccc(C(F)(F)F)cc1)c1ncnc2c1cnn2C. The maximum atomic E-state index is 12.6. The van der Waals surface area contributed by atoms with Crippen LogP contribution in [0, 0.1) is 0 Å². The van der Waals surface area contributed by atoms with E-state index in [4.69, 9.17) is 0 Å². The average molecular weight is 321 g/mol. The number of alkyl halides is 3. The highest BCUT2D eigenvalue weighted by Crippen LogP contribution is 2.29. The number of hydrogen-bond acceptors (Lipinski definition) is 4. The first-order chi connectivity index (χ1) is 10.9. The van der Waals surface area contributed by atoms with E-state index in [0.29, 0.717) is 18.0 Å². The monoisotopic (exact) mass is 321 g/mol. The molecule has 0 aliphatic rings. The molecule has 120 valence electrons. The van der Waals surface area contributed by atoms with Crippen LogP contribution in [-0.2, 0) is 19.8 Å². The highest BCUT2D eigenvalue weighted by molar-refractivity contribution is 5.86. The van der Waals surface area contributed by atoms with Gasteiger partial charge in [-0.05, 0) is 17.7 Å². The lowest BCUT2D eigenvalue weighted by atomic mass is 10.1. The zero-order chi connectivity index (χ0) is 16.6. The number of fused-ring (bicyclic) bond motifs is 1. The van der Waals surface area contributed by atoms with Gasteiger partial charge in [0.2, 0.25) is 0 Å². The topological polar surface area (TPSA) is 46.8 Å². The Kier molecular flexibility index (Phi) is 3.67. The molecule has 0 N–H and O–H groups in total. The predicted octanol–water partition coefficient (Wildman–Crippen LogP) is 3.02. The summed E-state index contributed by atoms with van der Waals surface area (Å²) in [4.78, 5) is 10.3. The minimum absolute atomic E-state index is 0.430. The molecule has 0 radical (unpaired) electrons. The summed E-state index contributed by atoms with van der Waals surface area (Å²) in [7, 11) is 3.61. The summed E-state index contributed by atoms with van der Waals surface area (Å²) in [6.45, 7) is 0.430. The molecule has 3 aromatic rings. The van der Waals surface area contributed by atoms with Gasteiger partial charge in [0, 0.05) is 20.6 Å². The molecule has 0 atom stereocenters. The molecular formula is C15H14F3N5. The van der Waals surface area contributed by atoms with Gasteiger partial charge >= 0.3 is 6.18 Å². The van der Waals surface area contributed by atoms with Crippen LogP contribution < -0.4 is 4.90 Å². The smallest absolute Gasteiger partial charge is 0.355 e. The number of nitrogens with zero attached hydrogens (tertiary/aromatic N) is 5. The summed E-state index contributed by atoms with van der Waals surface area (Å²) in [5.74, 6) is 0.683. The standard InChI is InChI=1S/C15H14F3N5/c1-22(8-10-3-5-11(6-4-10)15(16,17)18)13-12-7-21-23(2)14(12)20-9-19-13/h3-7,9H,8H2,1-2H3. The Hall–Kier alpha value is -2.64. The fourth-order valence-corrected chi connectivity index (χ4v) is 2.40. The first-order valence-electron chi connectivity index (χ1n) is 6.86. The van der Waals surface area contributed by atoms with Gasteiger partial charge in [0.15, 0.2) is 5.65 Å². The third kappa shape index (κ3) is 2.96. The second-order valence-electron chi connectivity index (χ2n) is 5.25. The number of benzene rings is 1. The normalized spacial score (nSPS) is 11.9. The molecule has 3 rings (SSSR count). The summed E-state index contributed by atoms with van der Waals surface area (Å²) in [5, 5.41) is 4.94. The van der Waals surface area contributed by atoms with E-state index in [9.17, 15) is 13.2 Å². The van der Waals surface area contributed by atoms with E-state index in [-0.39, 0.29) is 0 Å². The third-order valence-corrected chi connectivity index (χ3v) is 3.57. The molecule has 2 heterocycles. The van der Waals surface area contributed by atoms with Crippen molar-refractivity contribution < 1.29 is 13.2 Å². The molecule has 0 bridgehead atoms. The first-order valence-corrected chi connectivity index (χ1v) is 6.86. The molecule has 0 unspecified atom stereocenters. The Balaban J connectivity index is 1.85. The Labute approximate surface area is 130 Å². The zero-order valence-electron chi connectivity index (χ0n) is 12.5. The van der Waals surface area contributed by atoms with E-state index in [1.165, 1.54) is 18.5 Å². The van der Waals surface area contributed by atoms with Crippen LogP contribution in [0.3, 0.4) is 0 Å². The van der Waals surface area contributed by atoms with Gasteiger partial charge in [-0.2, -0.15) is 18.3 Å². The van der Waals surface area contributed by atoms with Crippen molar-refractivity contribution in [2.45, 2.75) is 12.7 Å². The number of aryl methyl sites for hydroxylation is 1. The summed E-state index contributed by atoms with van der Waals surface area (Å²) >= 11 is 0. The largest absolute Gasteiger partial charge is 0.416 e. The summed E-state index contributed by atoms with van der Waals surface area (Å²) in [6, 6.07) is 5.12. The number of rotatable bonds is 3. The lowest BCUT2D eigenvalue weighted by Crippen LogP contribution is -2.18. The molecule has 0 fully saturated rings. The van der Waals surface area contributed by atoms with E-state index in [2.05, 4.69) is 15.1 Å². The average Bonchev–Trinajstić information content (AvgIpc) is 2.88. The van der Waals surface area contributed by atoms with Gasteiger partial charge in [0.05, 0.1) is 17.1 Å². The maximum Gasteiger partial charge on any atom is 0.416 e. The fourth-order valence-electron chi connectivity index (χ4n) is 2.40. The molecular weight excluding hydrogens is 307 g/mol. The van der Waals surface area contributed by atoms with Crippen LogP contribution in [0.2, 0.25) is 0 Å². The maximum absolute atomic E-state index is 12.6. The van der Waals surface area contributed by atoms with Crippen LogP contribution >= 0.6 is 0 Å². The molecule has 0 saturated heterocycles. The van der Waals surface area contributed by atoms with Crippen molar-refractivity contribution in [1.29, 1.82) is 0 Å². The van der Waals surface area contributed by atoms with Crippen molar-refractivity contribution in [2.75, 3.05) is 11.9 Å². The number of aromatic nitrogens is 4. The van der Waals surface area contributed by atoms with Crippen LogP contribution in [0.1, 0.15) is 11.1 Å². The molecule has 0 aliphatic heterocycles. The molecule has 0 spiro atoms. The van der Waals surface area contributed by atoms with Gasteiger partial charge in [-0.3, -0.25) is 4.68 Å². The fraction of sp³-hybridized carbons (Fsp3) is 0.267. The van der Waals surface area contributed by atoms with E-state index in [1.54, 1.807) is 17.9 Å². The van der Waals surface area contributed by atoms with Crippen LogP contribution in [-0.4, -0.2) is 26.8 Å². The summed E-state index contributed by atoms with van der Waals surface area (Å²) in [5.41, 5.74) is 0.811. The van der Waals surface area contributed by atoms with Crippen molar-refractivity contribution in [3.05, 3.63) is 47.9 Å². The van der Waals surface area contributed by atoms with Crippen molar-refractivity contribution in [3.8, 4) is 0 Å². The van der Waals surface area contributed by atoms with Crippen LogP contribution in [0.4, 0.5) is 19.0 Å². The number of halogens is 3. The molecule has 0 saturated carbocycles. The summed E-state index contributed by atoms with van der Waals surface area (Å²) < 4.78 is 39.4. The number of hydrogen-bond donors (Lipinski definition) is 0. The molecule has 1 aromatic carbocycles. The summed E-state index contributed by atoms with van der Waals surface area (Å²) in [6.07, 6.45) is -1.20.